The van der Waals surface area contributed by atoms with Crippen LogP contribution in [-0.4, -0.2) is 6.04 Å². The lowest BCUT2D eigenvalue weighted by molar-refractivity contribution is 0.772. The lowest BCUT2D eigenvalue weighted by atomic mass is 10.0. The molecular formula is C7H10BrN. The molecule has 0 saturated carbocycles. The molecule has 1 rings (SSSR count). The van der Waals surface area contributed by atoms with Gasteiger partial charge in [-0.1, -0.05) is 28.1 Å². The van der Waals surface area contributed by atoms with E-state index in [0.29, 0.717) is 0 Å². The van der Waals surface area contributed by atoms with Crippen molar-refractivity contribution < 1.29 is 0 Å². The van der Waals surface area contributed by atoms with Crippen molar-refractivity contribution in [1.29, 1.82) is 0 Å². The molecule has 0 fully saturated rings. The summed E-state index contributed by atoms with van der Waals surface area (Å²) in [6.07, 6.45) is 5.11. The van der Waals surface area contributed by atoms with E-state index in [0.717, 1.165) is 10.9 Å². The molecule has 50 valence electrons. The highest BCUT2D eigenvalue weighted by Gasteiger charge is 2.08. The average Bonchev–Trinajstić information content (AvgIpc) is 1.83. The monoisotopic (exact) mass is 187 g/mol. The smallest absolute Gasteiger partial charge is 0.0300 e. The van der Waals surface area contributed by atoms with Gasteiger partial charge >= 0.3 is 0 Å². The summed E-state index contributed by atoms with van der Waals surface area (Å²) in [5.41, 5.74) is 6.98. The Labute approximate surface area is 63.8 Å². The van der Waals surface area contributed by atoms with Gasteiger partial charge in [-0.3, -0.25) is 0 Å². The minimum atomic E-state index is 0.226. The van der Waals surface area contributed by atoms with Gasteiger partial charge in [0.05, 0.1) is 0 Å². The van der Waals surface area contributed by atoms with E-state index in [1.54, 1.807) is 0 Å². The summed E-state index contributed by atoms with van der Waals surface area (Å²) in [5.74, 6) is 0. The molecule has 0 radical (unpaired) electrons. The van der Waals surface area contributed by atoms with E-state index in [1.807, 2.05) is 0 Å². The zero-order valence-electron chi connectivity index (χ0n) is 5.39. The normalized spacial score (nSPS) is 27.2. The zero-order chi connectivity index (χ0) is 6.85. The molecule has 0 amide bonds. The number of allylic oxidation sites excluding steroid dienone is 2. The lowest BCUT2D eigenvalue weighted by Crippen LogP contribution is -2.22. The van der Waals surface area contributed by atoms with Crippen molar-refractivity contribution in [1.82, 2.24) is 0 Å². The summed E-state index contributed by atoms with van der Waals surface area (Å²) in [5, 5.41) is 0. The summed E-state index contributed by atoms with van der Waals surface area (Å²) < 4.78 is 1.14. The second-order valence-corrected chi connectivity index (χ2v) is 3.13. The van der Waals surface area contributed by atoms with Gasteiger partial charge in [0.1, 0.15) is 0 Å². The van der Waals surface area contributed by atoms with Crippen LogP contribution in [0.3, 0.4) is 0 Å². The Morgan fingerprint density at radius 2 is 2.44 bits per heavy atom. The Bertz CT molecular complexity index is 170. The SMILES string of the molecule is CC1=C(Br)C=CCC1N. The van der Waals surface area contributed by atoms with E-state index in [9.17, 15) is 0 Å². The Kier molecular flexibility index (Phi) is 2.09. The summed E-state index contributed by atoms with van der Waals surface area (Å²) in [4.78, 5) is 0. The first-order valence-corrected chi connectivity index (χ1v) is 3.79. The molecule has 0 spiro atoms. The van der Waals surface area contributed by atoms with Crippen molar-refractivity contribution in [3.63, 3.8) is 0 Å². The van der Waals surface area contributed by atoms with Gasteiger partial charge in [-0.05, 0) is 18.9 Å². The Morgan fingerprint density at radius 1 is 1.78 bits per heavy atom. The second-order valence-electron chi connectivity index (χ2n) is 2.28. The van der Waals surface area contributed by atoms with E-state index in [2.05, 4.69) is 35.0 Å². The molecule has 1 nitrogen and oxygen atoms in total. The van der Waals surface area contributed by atoms with Gasteiger partial charge in [0.25, 0.3) is 0 Å². The van der Waals surface area contributed by atoms with Crippen LogP contribution in [0.4, 0.5) is 0 Å². The van der Waals surface area contributed by atoms with E-state index in [-0.39, 0.29) is 6.04 Å². The molecule has 2 heteroatoms. The molecule has 1 aliphatic carbocycles. The maximum atomic E-state index is 5.73. The van der Waals surface area contributed by atoms with Crippen LogP contribution in [0.15, 0.2) is 22.2 Å². The number of hydrogen-bond donors (Lipinski definition) is 1. The van der Waals surface area contributed by atoms with Gasteiger partial charge in [0.2, 0.25) is 0 Å². The van der Waals surface area contributed by atoms with Gasteiger partial charge in [0.15, 0.2) is 0 Å². The van der Waals surface area contributed by atoms with Crippen molar-refractivity contribution in [2.45, 2.75) is 19.4 Å². The van der Waals surface area contributed by atoms with Crippen LogP contribution < -0.4 is 5.73 Å². The lowest BCUT2D eigenvalue weighted by Gasteiger charge is -2.14. The van der Waals surface area contributed by atoms with E-state index in [1.165, 1.54) is 5.57 Å². The summed E-state index contributed by atoms with van der Waals surface area (Å²) in [6.45, 7) is 2.05. The molecule has 1 aliphatic rings. The molecule has 0 aromatic rings. The molecule has 1 unspecified atom stereocenters. The Morgan fingerprint density at radius 3 is 2.89 bits per heavy atom. The Balaban J connectivity index is 2.83. The molecule has 0 aromatic carbocycles. The van der Waals surface area contributed by atoms with Gasteiger partial charge in [-0.25, -0.2) is 0 Å². The van der Waals surface area contributed by atoms with Gasteiger partial charge < -0.3 is 5.73 Å². The van der Waals surface area contributed by atoms with Crippen LogP contribution in [0.1, 0.15) is 13.3 Å². The molecule has 0 bridgehead atoms. The summed E-state index contributed by atoms with van der Waals surface area (Å²) in [7, 11) is 0. The fourth-order valence-corrected chi connectivity index (χ4v) is 1.28. The maximum absolute atomic E-state index is 5.73. The highest BCUT2D eigenvalue weighted by Crippen LogP contribution is 2.21. The highest BCUT2D eigenvalue weighted by molar-refractivity contribution is 9.11. The first kappa shape index (κ1) is 7.03. The van der Waals surface area contributed by atoms with Gasteiger partial charge in [0, 0.05) is 10.5 Å². The number of nitrogens with two attached hydrogens (primary N) is 1. The third kappa shape index (κ3) is 1.43. The van der Waals surface area contributed by atoms with Crippen molar-refractivity contribution in [3.05, 3.63) is 22.2 Å². The molecule has 0 aliphatic heterocycles. The maximum Gasteiger partial charge on any atom is 0.0300 e. The minimum absolute atomic E-state index is 0.226. The predicted octanol–water partition coefficient (Wildman–Crippen LogP) is 1.94. The Hall–Kier alpha value is -0.0800. The van der Waals surface area contributed by atoms with Crippen LogP contribution in [0.25, 0.3) is 0 Å². The van der Waals surface area contributed by atoms with Crippen LogP contribution >= 0.6 is 15.9 Å². The van der Waals surface area contributed by atoms with Crippen molar-refractivity contribution >= 4 is 15.9 Å². The summed E-state index contributed by atoms with van der Waals surface area (Å²) >= 11 is 3.41. The molecule has 0 saturated heterocycles. The molecule has 1 atom stereocenters. The number of rotatable bonds is 0. The van der Waals surface area contributed by atoms with Crippen LogP contribution in [0.5, 0.6) is 0 Å². The highest BCUT2D eigenvalue weighted by atomic mass is 79.9. The first-order valence-electron chi connectivity index (χ1n) is 3.00. The molecule has 0 aromatic heterocycles. The van der Waals surface area contributed by atoms with Crippen LogP contribution in [0.2, 0.25) is 0 Å². The van der Waals surface area contributed by atoms with Crippen LogP contribution in [0, 0.1) is 0 Å². The van der Waals surface area contributed by atoms with E-state index < -0.39 is 0 Å². The quantitative estimate of drug-likeness (QED) is 0.617. The summed E-state index contributed by atoms with van der Waals surface area (Å²) in [6, 6.07) is 0.226. The zero-order valence-corrected chi connectivity index (χ0v) is 6.98. The van der Waals surface area contributed by atoms with E-state index in [4.69, 9.17) is 5.73 Å². The minimum Gasteiger partial charge on any atom is -0.324 e. The second kappa shape index (κ2) is 2.67. The standard InChI is InChI=1S/C7H10BrN/c1-5-6(8)3-2-4-7(5)9/h2-3,7H,4,9H2,1H3. The fraction of sp³-hybridized carbons (Fsp3) is 0.429. The van der Waals surface area contributed by atoms with Gasteiger partial charge in [-0.15, -0.1) is 0 Å². The predicted molar refractivity (Wildman–Crippen MR) is 43.4 cm³/mol. The van der Waals surface area contributed by atoms with Crippen molar-refractivity contribution in [3.8, 4) is 0 Å². The van der Waals surface area contributed by atoms with Gasteiger partial charge in [-0.2, -0.15) is 0 Å². The third-order valence-corrected chi connectivity index (χ3v) is 2.48. The average molecular weight is 188 g/mol. The number of hydrogen-bond acceptors (Lipinski definition) is 1. The largest absolute Gasteiger partial charge is 0.324 e. The van der Waals surface area contributed by atoms with Crippen molar-refractivity contribution in [2.24, 2.45) is 5.73 Å². The molecule has 9 heavy (non-hydrogen) atoms. The molecular weight excluding hydrogens is 178 g/mol. The molecule has 0 heterocycles. The fourth-order valence-electron chi connectivity index (χ4n) is 0.803. The third-order valence-electron chi connectivity index (χ3n) is 1.59. The first-order chi connectivity index (χ1) is 4.22. The molecule has 2 N–H and O–H groups in total. The van der Waals surface area contributed by atoms with Crippen molar-refractivity contribution in [2.75, 3.05) is 0 Å². The van der Waals surface area contributed by atoms with E-state index >= 15 is 0 Å². The number of halogens is 1. The topological polar surface area (TPSA) is 26.0 Å². The van der Waals surface area contributed by atoms with Crippen LogP contribution in [-0.2, 0) is 0 Å².